The molecule has 5 rings (SSSR count). The molecule has 0 bridgehead atoms. The molecule has 1 aliphatic heterocycles. The number of fused-ring (bicyclic) bond motifs is 2. The molecule has 0 atom stereocenters. The van der Waals surface area contributed by atoms with Crippen LogP contribution in [0.25, 0.3) is 20.4 Å². The number of aryl methyl sites for hydroxylation is 4. The molecule has 6 heteroatoms. The lowest BCUT2D eigenvalue weighted by Crippen LogP contribution is -2.46. The van der Waals surface area contributed by atoms with Gasteiger partial charge in [-0.05, 0) is 62.1 Å². The second-order valence-corrected chi connectivity index (χ2v) is 9.78. The summed E-state index contributed by atoms with van der Waals surface area (Å²) in [6.45, 7) is 12.6. The molecule has 1 saturated heterocycles. The number of benzene rings is 2. The van der Waals surface area contributed by atoms with Gasteiger partial charge in [0, 0.05) is 26.2 Å². The van der Waals surface area contributed by atoms with E-state index in [4.69, 9.17) is 9.97 Å². The molecule has 1 fully saturated rings. The maximum Gasteiger partial charge on any atom is 0.186 e. The van der Waals surface area contributed by atoms with Crippen LogP contribution in [-0.4, -0.2) is 36.1 Å². The van der Waals surface area contributed by atoms with Crippen LogP contribution in [0.1, 0.15) is 22.3 Å². The minimum absolute atomic E-state index is 0.992. The first-order valence-corrected chi connectivity index (χ1v) is 11.4. The monoisotopic (exact) mass is 408 g/mol. The van der Waals surface area contributed by atoms with Crippen molar-refractivity contribution in [2.75, 3.05) is 36.0 Å². The van der Waals surface area contributed by atoms with Crippen molar-refractivity contribution in [2.45, 2.75) is 27.7 Å². The van der Waals surface area contributed by atoms with Gasteiger partial charge in [0.25, 0.3) is 0 Å². The topological polar surface area (TPSA) is 32.3 Å². The van der Waals surface area contributed by atoms with Gasteiger partial charge in [0.2, 0.25) is 0 Å². The van der Waals surface area contributed by atoms with E-state index in [2.05, 4.69) is 61.8 Å². The van der Waals surface area contributed by atoms with Crippen molar-refractivity contribution in [1.29, 1.82) is 0 Å². The van der Waals surface area contributed by atoms with Crippen LogP contribution in [0.2, 0.25) is 0 Å². The van der Waals surface area contributed by atoms with E-state index >= 15 is 0 Å². The highest BCUT2D eigenvalue weighted by molar-refractivity contribution is 7.22. The van der Waals surface area contributed by atoms with Crippen LogP contribution in [0, 0.1) is 27.7 Å². The summed E-state index contributed by atoms with van der Waals surface area (Å²) in [6, 6.07) is 8.90. The number of rotatable bonds is 2. The number of piperazine rings is 1. The van der Waals surface area contributed by atoms with Crippen molar-refractivity contribution in [1.82, 2.24) is 9.97 Å². The standard InChI is InChI=1S/C22H24N4S2/c1-13-9-15(3)19-17(11-13)23-21(27-19)25-5-7-26(8-6-25)22-24-18-12-14(2)10-16(4)20(18)28-22/h9-12H,5-8H2,1-4H3. The van der Waals surface area contributed by atoms with Crippen molar-refractivity contribution in [3.63, 3.8) is 0 Å². The third-order valence-corrected chi connectivity index (χ3v) is 7.97. The van der Waals surface area contributed by atoms with Gasteiger partial charge >= 0.3 is 0 Å². The van der Waals surface area contributed by atoms with Crippen molar-refractivity contribution in [3.05, 3.63) is 46.5 Å². The summed E-state index contributed by atoms with van der Waals surface area (Å²) in [7, 11) is 0. The number of nitrogens with zero attached hydrogens (tertiary/aromatic N) is 4. The first-order valence-electron chi connectivity index (χ1n) is 9.73. The van der Waals surface area contributed by atoms with Gasteiger partial charge in [-0.1, -0.05) is 34.8 Å². The molecule has 2 aromatic heterocycles. The Labute approximate surface area is 173 Å². The van der Waals surface area contributed by atoms with E-state index in [1.807, 2.05) is 22.7 Å². The van der Waals surface area contributed by atoms with Crippen LogP contribution < -0.4 is 9.80 Å². The Kier molecular flexibility index (Phi) is 4.29. The zero-order valence-corrected chi connectivity index (χ0v) is 18.4. The average molecular weight is 409 g/mol. The highest BCUT2D eigenvalue weighted by atomic mass is 32.1. The Morgan fingerprint density at radius 1 is 0.643 bits per heavy atom. The Morgan fingerprint density at radius 3 is 1.43 bits per heavy atom. The Hall–Kier alpha value is -2.18. The second-order valence-electron chi connectivity index (χ2n) is 7.83. The minimum atomic E-state index is 0.992. The van der Waals surface area contributed by atoms with Crippen LogP contribution in [-0.2, 0) is 0 Å². The van der Waals surface area contributed by atoms with Crippen LogP contribution in [0.5, 0.6) is 0 Å². The normalized spacial score (nSPS) is 15.1. The molecular formula is C22H24N4S2. The first-order chi connectivity index (χ1) is 13.5. The quantitative estimate of drug-likeness (QED) is 0.440. The van der Waals surface area contributed by atoms with E-state index in [1.165, 1.54) is 31.7 Å². The van der Waals surface area contributed by atoms with Crippen molar-refractivity contribution in [3.8, 4) is 0 Å². The van der Waals surface area contributed by atoms with E-state index < -0.39 is 0 Å². The van der Waals surface area contributed by atoms with Gasteiger partial charge in [-0.15, -0.1) is 0 Å². The van der Waals surface area contributed by atoms with Gasteiger partial charge < -0.3 is 9.80 Å². The fraction of sp³-hybridized carbons (Fsp3) is 0.364. The number of anilines is 2. The zero-order chi connectivity index (χ0) is 19.4. The zero-order valence-electron chi connectivity index (χ0n) is 16.7. The summed E-state index contributed by atoms with van der Waals surface area (Å²) < 4.78 is 2.64. The molecule has 4 nitrogen and oxygen atoms in total. The molecule has 3 heterocycles. The minimum Gasteiger partial charge on any atom is -0.345 e. The predicted octanol–water partition coefficient (Wildman–Crippen LogP) is 5.47. The summed E-state index contributed by atoms with van der Waals surface area (Å²) >= 11 is 3.65. The molecule has 0 amide bonds. The molecule has 2 aromatic carbocycles. The molecule has 0 N–H and O–H groups in total. The smallest absolute Gasteiger partial charge is 0.186 e. The van der Waals surface area contributed by atoms with Crippen LogP contribution in [0.3, 0.4) is 0 Å². The van der Waals surface area contributed by atoms with E-state index in [1.54, 1.807) is 0 Å². The number of thiazole rings is 2. The van der Waals surface area contributed by atoms with Crippen LogP contribution in [0.15, 0.2) is 24.3 Å². The molecular weight excluding hydrogens is 384 g/mol. The second kappa shape index (κ2) is 6.71. The summed E-state index contributed by atoms with van der Waals surface area (Å²) in [5.74, 6) is 0. The number of hydrogen-bond donors (Lipinski definition) is 0. The molecule has 0 spiro atoms. The largest absolute Gasteiger partial charge is 0.345 e. The van der Waals surface area contributed by atoms with Crippen LogP contribution >= 0.6 is 22.7 Å². The van der Waals surface area contributed by atoms with Gasteiger partial charge in [-0.3, -0.25) is 0 Å². The molecule has 0 unspecified atom stereocenters. The van der Waals surface area contributed by atoms with Gasteiger partial charge in [-0.2, -0.15) is 0 Å². The van der Waals surface area contributed by atoms with Crippen LogP contribution in [0.4, 0.5) is 10.3 Å². The maximum absolute atomic E-state index is 4.92. The van der Waals surface area contributed by atoms with Gasteiger partial charge in [0.05, 0.1) is 20.4 Å². The van der Waals surface area contributed by atoms with Gasteiger partial charge in [0.1, 0.15) is 0 Å². The third kappa shape index (κ3) is 3.05. The Balaban J connectivity index is 1.36. The van der Waals surface area contributed by atoms with E-state index in [9.17, 15) is 0 Å². The third-order valence-electron chi connectivity index (χ3n) is 5.44. The van der Waals surface area contributed by atoms with E-state index in [0.717, 1.165) is 47.5 Å². The lowest BCUT2D eigenvalue weighted by Gasteiger charge is -2.34. The predicted molar refractivity (Wildman–Crippen MR) is 123 cm³/mol. The fourth-order valence-electron chi connectivity index (χ4n) is 4.09. The Bertz CT molecular complexity index is 1090. The highest BCUT2D eigenvalue weighted by Crippen LogP contribution is 2.35. The number of hydrogen-bond acceptors (Lipinski definition) is 6. The molecule has 4 aromatic rings. The fourth-order valence-corrected chi connectivity index (χ4v) is 6.22. The van der Waals surface area contributed by atoms with Crippen molar-refractivity contribution >= 4 is 53.4 Å². The molecule has 1 aliphatic rings. The molecule has 0 aliphatic carbocycles. The summed E-state index contributed by atoms with van der Waals surface area (Å²) in [5.41, 5.74) is 7.50. The maximum atomic E-state index is 4.92. The average Bonchev–Trinajstić information content (AvgIpc) is 3.26. The van der Waals surface area contributed by atoms with Gasteiger partial charge in [-0.25, -0.2) is 9.97 Å². The van der Waals surface area contributed by atoms with E-state index in [0.29, 0.717) is 0 Å². The number of aromatic nitrogens is 2. The molecule has 0 radical (unpaired) electrons. The lowest BCUT2D eigenvalue weighted by atomic mass is 10.1. The van der Waals surface area contributed by atoms with E-state index in [-0.39, 0.29) is 0 Å². The SMILES string of the molecule is Cc1cc(C)c2sc(N3CCN(c4nc5cc(C)cc(C)c5s4)CC3)nc2c1. The van der Waals surface area contributed by atoms with Gasteiger partial charge in [0.15, 0.2) is 10.3 Å². The first kappa shape index (κ1) is 17.9. The lowest BCUT2D eigenvalue weighted by molar-refractivity contribution is 0.651. The summed E-state index contributed by atoms with van der Waals surface area (Å²) in [4.78, 5) is 14.7. The molecule has 28 heavy (non-hydrogen) atoms. The molecule has 144 valence electrons. The highest BCUT2D eigenvalue weighted by Gasteiger charge is 2.22. The summed E-state index contributed by atoms with van der Waals surface area (Å²) in [5, 5.41) is 2.30. The van der Waals surface area contributed by atoms with Crippen molar-refractivity contribution < 1.29 is 0 Å². The molecule has 0 saturated carbocycles. The van der Waals surface area contributed by atoms with Crippen molar-refractivity contribution in [2.24, 2.45) is 0 Å². The Morgan fingerprint density at radius 2 is 1.04 bits per heavy atom. The summed E-state index contributed by atoms with van der Waals surface area (Å²) in [6.07, 6.45) is 0.